The Morgan fingerprint density at radius 3 is 2.86 bits per heavy atom. The molecule has 0 saturated carbocycles. The lowest BCUT2D eigenvalue weighted by molar-refractivity contribution is 0.555. The Kier molecular flexibility index (Phi) is 2.86. The summed E-state index contributed by atoms with van der Waals surface area (Å²) < 4.78 is 0. The molecule has 2 aliphatic carbocycles. The van der Waals surface area contributed by atoms with Gasteiger partial charge in [-0.25, -0.2) is 9.97 Å². The van der Waals surface area contributed by atoms with E-state index in [1.807, 2.05) is 12.3 Å². The number of fused-ring (bicyclic) bond motifs is 3. The van der Waals surface area contributed by atoms with E-state index in [0.717, 1.165) is 12.8 Å². The van der Waals surface area contributed by atoms with E-state index in [-0.39, 0.29) is 5.41 Å². The summed E-state index contributed by atoms with van der Waals surface area (Å²) in [5.74, 6) is 0. The number of aromatic nitrogens is 2. The van der Waals surface area contributed by atoms with Crippen molar-refractivity contribution in [1.29, 1.82) is 0 Å². The van der Waals surface area contributed by atoms with Gasteiger partial charge in [-0.1, -0.05) is 49.1 Å². The van der Waals surface area contributed by atoms with Crippen LogP contribution in [0.2, 0.25) is 0 Å². The minimum absolute atomic E-state index is 0.0223. The normalized spacial score (nSPS) is 22.4. The maximum atomic E-state index is 4.50. The minimum atomic E-state index is -0.0223. The lowest BCUT2D eigenvalue weighted by atomic mass is 9.75. The fraction of sp³-hybridized carbons (Fsp3) is 0.200. The number of nitrogens with zero attached hydrogens (tertiary/aromatic N) is 2. The van der Waals surface area contributed by atoms with E-state index in [4.69, 9.17) is 0 Å². The zero-order valence-corrected chi connectivity index (χ0v) is 12.7. The van der Waals surface area contributed by atoms with Crippen molar-refractivity contribution in [2.75, 3.05) is 0 Å². The van der Waals surface area contributed by atoms with Crippen molar-refractivity contribution in [1.82, 2.24) is 9.97 Å². The first-order chi connectivity index (χ1) is 10.8. The predicted octanol–water partition coefficient (Wildman–Crippen LogP) is 4.04. The van der Waals surface area contributed by atoms with Crippen LogP contribution in [-0.4, -0.2) is 9.97 Å². The van der Waals surface area contributed by atoms with Crippen LogP contribution in [0.25, 0.3) is 5.57 Å². The number of rotatable bonds is 2. The molecular weight excluding hydrogens is 268 g/mol. The van der Waals surface area contributed by atoms with Crippen LogP contribution in [0.3, 0.4) is 0 Å². The van der Waals surface area contributed by atoms with Gasteiger partial charge in [-0.3, -0.25) is 0 Å². The van der Waals surface area contributed by atoms with Gasteiger partial charge in [0.25, 0.3) is 0 Å². The molecule has 1 atom stereocenters. The maximum absolute atomic E-state index is 4.50. The van der Waals surface area contributed by atoms with Crippen molar-refractivity contribution in [2.45, 2.75) is 25.2 Å². The van der Waals surface area contributed by atoms with E-state index in [1.54, 1.807) is 6.33 Å². The van der Waals surface area contributed by atoms with Crippen LogP contribution in [0.1, 0.15) is 29.3 Å². The van der Waals surface area contributed by atoms with Gasteiger partial charge in [0.2, 0.25) is 0 Å². The Labute approximate surface area is 130 Å². The number of hydrogen-bond donors (Lipinski definition) is 0. The number of allylic oxidation sites excluding steroid dienone is 5. The molecule has 4 rings (SSSR count). The van der Waals surface area contributed by atoms with E-state index < -0.39 is 0 Å². The van der Waals surface area contributed by atoms with Gasteiger partial charge in [-0.05, 0) is 41.2 Å². The summed E-state index contributed by atoms with van der Waals surface area (Å²) in [5, 5.41) is 0. The highest BCUT2D eigenvalue weighted by Gasteiger charge is 2.47. The molecule has 0 N–H and O–H groups in total. The summed E-state index contributed by atoms with van der Waals surface area (Å²) in [7, 11) is 0. The number of hydrogen-bond acceptors (Lipinski definition) is 2. The fourth-order valence-corrected chi connectivity index (χ4v) is 4.08. The third-order valence-corrected chi connectivity index (χ3v) is 4.92. The molecule has 0 amide bonds. The summed E-state index contributed by atoms with van der Waals surface area (Å²) in [6.07, 6.45) is 11.9. The van der Waals surface area contributed by atoms with Crippen LogP contribution < -0.4 is 0 Å². The lowest BCUT2D eigenvalue weighted by Gasteiger charge is -2.27. The van der Waals surface area contributed by atoms with Crippen molar-refractivity contribution in [2.24, 2.45) is 0 Å². The van der Waals surface area contributed by atoms with E-state index >= 15 is 0 Å². The average molecular weight is 286 g/mol. The third-order valence-electron chi connectivity index (χ3n) is 4.92. The molecule has 2 aliphatic rings. The second-order valence-electron chi connectivity index (χ2n) is 6.01. The van der Waals surface area contributed by atoms with Crippen molar-refractivity contribution in [3.8, 4) is 0 Å². The fourth-order valence-electron chi connectivity index (χ4n) is 4.08. The molecule has 1 heterocycles. The lowest BCUT2D eigenvalue weighted by Crippen LogP contribution is -2.26. The molecule has 1 spiro atoms. The molecule has 1 unspecified atom stereocenters. The van der Waals surface area contributed by atoms with E-state index in [9.17, 15) is 0 Å². The van der Waals surface area contributed by atoms with Gasteiger partial charge in [0.1, 0.15) is 6.33 Å². The molecule has 2 nitrogen and oxygen atoms in total. The largest absolute Gasteiger partial charge is 0.245 e. The van der Waals surface area contributed by atoms with Crippen LogP contribution in [0.4, 0.5) is 0 Å². The predicted molar refractivity (Wildman–Crippen MR) is 89.5 cm³/mol. The van der Waals surface area contributed by atoms with Crippen molar-refractivity contribution >= 4 is 5.57 Å². The Hall–Kier alpha value is -2.48. The Morgan fingerprint density at radius 2 is 2.09 bits per heavy atom. The Bertz CT molecular complexity index is 802. The highest BCUT2D eigenvalue weighted by molar-refractivity contribution is 5.88. The second-order valence-corrected chi connectivity index (χ2v) is 6.01. The maximum Gasteiger partial charge on any atom is 0.115 e. The first kappa shape index (κ1) is 13.2. The van der Waals surface area contributed by atoms with E-state index in [0.29, 0.717) is 0 Å². The Morgan fingerprint density at radius 1 is 1.23 bits per heavy atom. The molecular formula is C20H18N2. The average Bonchev–Trinajstić information content (AvgIpc) is 3.05. The quantitative estimate of drug-likeness (QED) is 0.832. The van der Waals surface area contributed by atoms with Gasteiger partial charge >= 0.3 is 0 Å². The zero-order valence-electron chi connectivity index (χ0n) is 12.7. The first-order valence-corrected chi connectivity index (χ1v) is 7.67. The SMILES string of the molecule is C=CC1=C(/C=C\C)c2ccccc2C12Cc1cncnc1C2. The van der Waals surface area contributed by atoms with Crippen LogP contribution in [-0.2, 0) is 18.3 Å². The molecule has 1 aromatic carbocycles. The standard InChI is InChI=1S/C20H18N2/c1-3-7-15-16-8-5-6-9-18(16)20(17(15)4-2)10-14-12-21-13-22-19(14)11-20/h3-9,12-13H,2,10-11H2,1H3/b7-3-. The molecule has 0 aliphatic heterocycles. The topological polar surface area (TPSA) is 25.8 Å². The molecule has 0 bridgehead atoms. The summed E-state index contributed by atoms with van der Waals surface area (Å²) in [6.45, 7) is 6.18. The summed E-state index contributed by atoms with van der Waals surface area (Å²) in [5.41, 5.74) is 7.76. The molecule has 0 saturated heterocycles. The smallest absolute Gasteiger partial charge is 0.115 e. The van der Waals surface area contributed by atoms with Crippen LogP contribution >= 0.6 is 0 Å². The molecule has 2 heteroatoms. The van der Waals surface area contributed by atoms with Crippen molar-refractivity contribution in [3.05, 3.63) is 89.6 Å². The van der Waals surface area contributed by atoms with Gasteiger partial charge in [0.05, 0.1) is 0 Å². The van der Waals surface area contributed by atoms with Gasteiger partial charge in [-0.2, -0.15) is 0 Å². The van der Waals surface area contributed by atoms with Crippen LogP contribution in [0.15, 0.2) is 67.2 Å². The van der Waals surface area contributed by atoms with Crippen LogP contribution in [0, 0.1) is 0 Å². The van der Waals surface area contributed by atoms with Crippen LogP contribution in [0.5, 0.6) is 0 Å². The summed E-state index contributed by atoms with van der Waals surface area (Å²) in [6, 6.07) is 8.73. The number of benzene rings is 1. The summed E-state index contributed by atoms with van der Waals surface area (Å²) >= 11 is 0. The first-order valence-electron chi connectivity index (χ1n) is 7.67. The van der Waals surface area contributed by atoms with Gasteiger partial charge in [0.15, 0.2) is 0 Å². The zero-order chi connectivity index (χ0) is 15.2. The second kappa shape index (κ2) is 4.77. The highest BCUT2D eigenvalue weighted by Crippen LogP contribution is 2.53. The molecule has 1 aromatic heterocycles. The van der Waals surface area contributed by atoms with Gasteiger partial charge in [0, 0.05) is 23.7 Å². The van der Waals surface area contributed by atoms with Crippen molar-refractivity contribution in [3.63, 3.8) is 0 Å². The molecule has 2 aromatic rings. The minimum Gasteiger partial charge on any atom is -0.245 e. The monoisotopic (exact) mass is 286 g/mol. The third kappa shape index (κ3) is 1.61. The van der Waals surface area contributed by atoms with Crippen molar-refractivity contribution < 1.29 is 0 Å². The van der Waals surface area contributed by atoms with E-state index in [2.05, 4.69) is 59.9 Å². The highest BCUT2D eigenvalue weighted by atomic mass is 14.8. The summed E-state index contributed by atoms with van der Waals surface area (Å²) in [4.78, 5) is 8.71. The molecule has 22 heavy (non-hydrogen) atoms. The van der Waals surface area contributed by atoms with E-state index in [1.165, 1.54) is 33.5 Å². The molecule has 108 valence electrons. The Balaban J connectivity index is 1.99. The molecule has 0 radical (unpaired) electrons. The van der Waals surface area contributed by atoms with Gasteiger partial charge in [-0.15, -0.1) is 0 Å². The molecule has 0 fully saturated rings. The van der Waals surface area contributed by atoms with Gasteiger partial charge < -0.3 is 0 Å².